The van der Waals surface area contributed by atoms with E-state index in [1.807, 2.05) is 0 Å². The number of carboxylic acids is 1. The lowest BCUT2D eigenvalue weighted by atomic mass is 10.0. The number of hydrogen-bond donors (Lipinski definition) is 1. The van der Waals surface area contributed by atoms with Gasteiger partial charge in [-0.1, -0.05) is 18.7 Å². The van der Waals surface area contributed by atoms with Crippen LogP contribution in [0.1, 0.15) is 20.7 Å². The summed E-state index contributed by atoms with van der Waals surface area (Å²) in [4.78, 5) is 22.3. The van der Waals surface area contributed by atoms with Gasteiger partial charge in [0.05, 0.1) is 17.4 Å². The lowest BCUT2D eigenvalue weighted by Crippen LogP contribution is -2.00. The van der Waals surface area contributed by atoms with Crippen molar-refractivity contribution >= 4 is 22.7 Å². The van der Waals surface area contributed by atoms with Gasteiger partial charge in [0.25, 0.3) is 0 Å². The normalized spacial score (nSPS) is 10.0. The van der Waals surface area contributed by atoms with Crippen LogP contribution in [0, 0.1) is 0 Å². The fourth-order valence-corrected chi connectivity index (χ4v) is 1.65. The van der Waals surface area contributed by atoms with Crippen LogP contribution in [0.25, 0.3) is 10.8 Å². The highest BCUT2D eigenvalue weighted by atomic mass is 16.5. The first-order chi connectivity index (χ1) is 8.61. The van der Waals surface area contributed by atoms with Crippen LogP contribution in [0.15, 0.2) is 49.2 Å². The van der Waals surface area contributed by atoms with Gasteiger partial charge in [-0.05, 0) is 35.0 Å². The second-order valence-electron chi connectivity index (χ2n) is 3.65. The molecule has 0 atom stereocenters. The Bertz CT molecular complexity index is 643. The molecule has 90 valence electrons. The van der Waals surface area contributed by atoms with Crippen molar-refractivity contribution in [3.63, 3.8) is 0 Å². The molecule has 0 heterocycles. The maximum atomic E-state index is 11.5. The Labute approximate surface area is 103 Å². The zero-order valence-corrected chi connectivity index (χ0v) is 9.42. The van der Waals surface area contributed by atoms with Gasteiger partial charge in [-0.3, -0.25) is 0 Å². The molecule has 0 radical (unpaired) electrons. The number of benzene rings is 2. The Kier molecular flexibility index (Phi) is 3.10. The number of hydrogen-bond acceptors (Lipinski definition) is 3. The molecule has 0 bridgehead atoms. The van der Waals surface area contributed by atoms with Crippen LogP contribution >= 0.6 is 0 Å². The summed E-state index contributed by atoms with van der Waals surface area (Å²) in [6.07, 6.45) is 1.07. The van der Waals surface area contributed by atoms with Gasteiger partial charge in [-0.25, -0.2) is 9.59 Å². The zero-order chi connectivity index (χ0) is 13.1. The van der Waals surface area contributed by atoms with Crippen LogP contribution in [0.2, 0.25) is 0 Å². The Morgan fingerprint density at radius 3 is 2.17 bits per heavy atom. The highest BCUT2D eigenvalue weighted by Crippen LogP contribution is 2.18. The molecule has 0 aliphatic carbocycles. The van der Waals surface area contributed by atoms with Gasteiger partial charge in [0.2, 0.25) is 0 Å². The second-order valence-corrected chi connectivity index (χ2v) is 3.65. The molecule has 1 N–H and O–H groups in total. The highest BCUT2D eigenvalue weighted by molar-refractivity contribution is 5.98. The number of fused-ring (bicyclic) bond motifs is 1. The van der Waals surface area contributed by atoms with Crippen molar-refractivity contribution in [2.45, 2.75) is 0 Å². The minimum Gasteiger partial charge on any atom is -0.478 e. The molecule has 0 aliphatic rings. The number of carbonyl (C=O) groups is 2. The van der Waals surface area contributed by atoms with Crippen LogP contribution in [0.3, 0.4) is 0 Å². The maximum Gasteiger partial charge on any atom is 0.342 e. The third-order valence-electron chi connectivity index (χ3n) is 2.51. The third kappa shape index (κ3) is 2.22. The van der Waals surface area contributed by atoms with Crippen molar-refractivity contribution in [2.24, 2.45) is 0 Å². The fourth-order valence-electron chi connectivity index (χ4n) is 1.65. The molecule has 2 aromatic rings. The number of aromatic carboxylic acids is 1. The van der Waals surface area contributed by atoms with E-state index in [1.54, 1.807) is 30.3 Å². The van der Waals surface area contributed by atoms with E-state index in [0.717, 1.165) is 17.0 Å². The molecule has 4 nitrogen and oxygen atoms in total. The molecule has 0 amide bonds. The molecule has 0 saturated heterocycles. The number of ether oxygens (including phenoxy) is 1. The van der Waals surface area contributed by atoms with E-state index < -0.39 is 11.9 Å². The molecule has 0 spiro atoms. The molecule has 18 heavy (non-hydrogen) atoms. The number of carbonyl (C=O) groups excluding carboxylic acids is 1. The molecule has 0 aromatic heterocycles. The van der Waals surface area contributed by atoms with Crippen molar-refractivity contribution in [1.29, 1.82) is 0 Å². The van der Waals surface area contributed by atoms with Gasteiger partial charge in [0.1, 0.15) is 0 Å². The molecule has 0 aliphatic heterocycles. The molecule has 0 unspecified atom stereocenters. The molecule has 2 aromatic carbocycles. The lowest BCUT2D eigenvalue weighted by molar-refractivity contribution is 0.0661. The van der Waals surface area contributed by atoms with E-state index in [2.05, 4.69) is 11.3 Å². The van der Waals surface area contributed by atoms with Crippen LogP contribution < -0.4 is 0 Å². The van der Waals surface area contributed by atoms with E-state index >= 15 is 0 Å². The second kappa shape index (κ2) is 4.71. The minimum atomic E-state index is -0.980. The standard InChI is InChI=1S/C14H10O4/c1-2-18-14(17)12-6-4-9-7-11(13(15)16)5-3-10(9)8-12/h2-8H,1H2,(H,15,16). The summed E-state index contributed by atoms with van der Waals surface area (Å²) >= 11 is 0. The molecular formula is C14H10O4. The molecule has 0 fully saturated rings. The Morgan fingerprint density at radius 2 is 1.61 bits per heavy atom. The average molecular weight is 242 g/mol. The number of rotatable bonds is 3. The minimum absolute atomic E-state index is 0.212. The molecule has 2 rings (SSSR count). The van der Waals surface area contributed by atoms with Crippen LogP contribution in [0.4, 0.5) is 0 Å². The Morgan fingerprint density at radius 1 is 1.06 bits per heavy atom. The largest absolute Gasteiger partial charge is 0.478 e. The highest BCUT2D eigenvalue weighted by Gasteiger charge is 2.08. The Hall–Kier alpha value is -2.62. The first-order valence-electron chi connectivity index (χ1n) is 5.21. The van der Waals surface area contributed by atoms with Crippen LogP contribution in [0.5, 0.6) is 0 Å². The van der Waals surface area contributed by atoms with Crippen molar-refractivity contribution in [3.8, 4) is 0 Å². The topological polar surface area (TPSA) is 63.6 Å². The van der Waals surface area contributed by atoms with Crippen molar-refractivity contribution in [2.75, 3.05) is 0 Å². The summed E-state index contributed by atoms with van der Waals surface area (Å²) in [5.74, 6) is -1.47. The SMILES string of the molecule is C=COC(=O)c1ccc2cc(C(=O)O)ccc2c1. The van der Waals surface area contributed by atoms with E-state index in [9.17, 15) is 9.59 Å². The number of esters is 1. The summed E-state index contributed by atoms with van der Waals surface area (Å²) in [6.45, 7) is 3.31. The molecular weight excluding hydrogens is 232 g/mol. The zero-order valence-electron chi connectivity index (χ0n) is 9.42. The van der Waals surface area contributed by atoms with Gasteiger partial charge in [-0.15, -0.1) is 0 Å². The van der Waals surface area contributed by atoms with E-state index in [0.29, 0.717) is 5.56 Å². The van der Waals surface area contributed by atoms with Crippen molar-refractivity contribution < 1.29 is 19.4 Å². The molecule has 0 saturated carbocycles. The summed E-state index contributed by atoms with van der Waals surface area (Å²) in [5.41, 5.74) is 0.606. The predicted octanol–water partition coefficient (Wildman–Crippen LogP) is 2.84. The number of carboxylic acid groups (broad SMARTS) is 1. The fraction of sp³-hybridized carbons (Fsp3) is 0. The van der Waals surface area contributed by atoms with Gasteiger partial charge >= 0.3 is 11.9 Å². The first kappa shape index (κ1) is 11.9. The van der Waals surface area contributed by atoms with E-state index in [4.69, 9.17) is 5.11 Å². The maximum absolute atomic E-state index is 11.5. The average Bonchev–Trinajstić information content (AvgIpc) is 2.37. The predicted molar refractivity (Wildman–Crippen MR) is 66.5 cm³/mol. The first-order valence-corrected chi connectivity index (χ1v) is 5.21. The summed E-state index contributed by atoms with van der Waals surface area (Å²) in [6, 6.07) is 9.62. The lowest BCUT2D eigenvalue weighted by Gasteiger charge is -2.03. The van der Waals surface area contributed by atoms with Gasteiger partial charge in [0.15, 0.2) is 0 Å². The summed E-state index contributed by atoms with van der Waals surface area (Å²) in [7, 11) is 0. The van der Waals surface area contributed by atoms with Crippen molar-refractivity contribution in [3.05, 3.63) is 60.4 Å². The van der Waals surface area contributed by atoms with Crippen molar-refractivity contribution in [1.82, 2.24) is 0 Å². The smallest absolute Gasteiger partial charge is 0.342 e. The third-order valence-corrected chi connectivity index (χ3v) is 2.51. The van der Waals surface area contributed by atoms with Crippen LogP contribution in [-0.4, -0.2) is 17.0 Å². The van der Waals surface area contributed by atoms with Gasteiger partial charge < -0.3 is 9.84 Å². The van der Waals surface area contributed by atoms with E-state index in [1.165, 1.54) is 6.07 Å². The van der Waals surface area contributed by atoms with Gasteiger partial charge in [0, 0.05) is 0 Å². The summed E-state index contributed by atoms with van der Waals surface area (Å²) < 4.78 is 4.67. The molecule has 4 heteroatoms. The monoisotopic (exact) mass is 242 g/mol. The van der Waals surface area contributed by atoms with Gasteiger partial charge in [-0.2, -0.15) is 0 Å². The quantitative estimate of drug-likeness (QED) is 0.664. The Balaban J connectivity index is 2.47. The summed E-state index contributed by atoms with van der Waals surface area (Å²) in [5, 5.41) is 10.4. The van der Waals surface area contributed by atoms with Crippen LogP contribution in [-0.2, 0) is 4.74 Å². The van der Waals surface area contributed by atoms with E-state index in [-0.39, 0.29) is 5.56 Å².